The van der Waals surface area contributed by atoms with E-state index in [2.05, 4.69) is 0 Å². The zero-order valence-electron chi connectivity index (χ0n) is 6.80. The molecule has 0 atom stereocenters. The molecule has 11 heavy (non-hydrogen) atoms. The average Bonchev–Trinajstić information content (AvgIpc) is 1.87. The van der Waals surface area contributed by atoms with Crippen molar-refractivity contribution in [3.8, 4) is 0 Å². The monoisotopic (exact) mass is 172 g/mol. The third-order valence-corrected chi connectivity index (χ3v) is 1.66. The average molecular weight is 172 g/mol. The van der Waals surface area contributed by atoms with E-state index < -0.39 is 24.2 Å². The van der Waals surface area contributed by atoms with Crippen LogP contribution < -0.4 is 0 Å². The number of hydrogen-bond donors (Lipinski definition) is 0. The maximum atomic E-state index is 12.6. The van der Waals surface area contributed by atoms with Crippen molar-refractivity contribution in [2.24, 2.45) is 5.92 Å². The fourth-order valence-electron chi connectivity index (χ4n) is 0.658. The summed E-state index contributed by atoms with van der Waals surface area (Å²) in [5.41, 5.74) is 0. The molecule has 0 heterocycles. The van der Waals surface area contributed by atoms with Crippen molar-refractivity contribution in [3.63, 3.8) is 0 Å². The van der Waals surface area contributed by atoms with Crippen LogP contribution in [-0.4, -0.2) is 11.8 Å². The van der Waals surface area contributed by atoms with Gasteiger partial charge < -0.3 is 0 Å². The van der Waals surface area contributed by atoms with Crippen molar-refractivity contribution in [2.45, 2.75) is 39.0 Å². The second-order valence-electron chi connectivity index (χ2n) is 2.84. The van der Waals surface area contributed by atoms with E-state index in [0.29, 0.717) is 0 Å². The highest BCUT2D eigenvalue weighted by Gasteiger charge is 2.56. The summed E-state index contributed by atoms with van der Waals surface area (Å²) in [6.07, 6.45) is -0.821. The molecular formula is C7H12F4. The van der Waals surface area contributed by atoms with Crippen LogP contribution in [0.15, 0.2) is 0 Å². The Bertz CT molecular complexity index is 128. The van der Waals surface area contributed by atoms with Crippen molar-refractivity contribution >= 4 is 0 Å². The van der Waals surface area contributed by atoms with Crippen LogP contribution in [0, 0.1) is 5.92 Å². The molecule has 0 nitrogen and oxygen atoms in total. The van der Waals surface area contributed by atoms with Gasteiger partial charge in [0.05, 0.1) is 0 Å². The number of alkyl halides is 4. The molecule has 0 aromatic heterocycles. The summed E-state index contributed by atoms with van der Waals surface area (Å²) in [6.45, 7) is 3.23. The van der Waals surface area contributed by atoms with Gasteiger partial charge in [-0.1, -0.05) is 20.8 Å². The maximum Gasteiger partial charge on any atom is 0.312 e. The first kappa shape index (κ1) is 10.7. The van der Waals surface area contributed by atoms with Gasteiger partial charge in [0.1, 0.15) is 0 Å². The summed E-state index contributed by atoms with van der Waals surface area (Å²) in [7, 11) is 0. The molecule has 0 amide bonds. The first-order valence-electron chi connectivity index (χ1n) is 3.51. The molecule has 0 aromatic rings. The molecule has 0 aliphatic heterocycles. The first-order chi connectivity index (χ1) is 4.75. The van der Waals surface area contributed by atoms with Crippen LogP contribution in [0.4, 0.5) is 17.6 Å². The zero-order valence-corrected chi connectivity index (χ0v) is 6.80. The second-order valence-corrected chi connectivity index (χ2v) is 2.84. The minimum Gasteiger partial charge on any atom is -0.200 e. The van der Waals surface area contributed by atoms with Crippen LogP contribution in [0.1, 0.15) is 27.2 Å². The van der Waals surface area contributed by atoms with Crippen molar-refractivity contribution < 1.29 is 17.6 Å². The normalized spacial score (nSPS) is 14.2. The van der Waals surface area contributed by atoms with E-state index in [9.17, 15) is 17.6 Å². The van der Waals surface area contributed by atoms with Crippen molar-refractivity contribution in [1.82, 2.24) is 0 Å². The Morgan fingerprint density at radius 3 is 1.55 bits per heavy atom. The van der Waals surface area contributed by atoms with Gasteiger partial charge in [-0.05, 0) is 0 Å². The quantitative estimate of drug-likeness (QED) is 0.573. The highest BCUT2D eigenvalue weighted by atomic mass is 19.3. The summed E-state index contributed by atoms with van der Waals surface area (Å²) >= 11 is 0. The lowest BCUT2D eigenvalue weighted by Gasteiger charge is -2.28. The number of rotatable bonds is 3. The minimum atomic E-state index is -3.89. The summed E-state index contributed by atoms with van der Waals surface area (Å²) in [4.78, 5) is 0. The van der Waals surface area contributed by atoms with E-state index in [1.807, 2.05) is 0 Å². The zero-order chi connectivity index (χ0) is 9.28. The fourth-order valence-corrected chi connectivity index (χ4v) is 0.658. The topological polar surface area (TPSA) is 0 Å². The Balaban J connectivity index is 4.53. The van der Waals surface area contributed by atoms with E-state index in [1.165, 1.54) is 0 Å². The molecule has 0 radical (unpaired) electrons. The first-order valence-corrected chi connectivity index (χ1v) is 3.51. The number of hydrogen-bond acceptors (Lipinski definition) is 0. The molecule has 0 saturated carbocycles. The Kier molecular flexibility index (Phi) is 2.91. The van der Waals surface area contributed by atoms with Gasteiger partial charge in [-0.25, -0.2) is 0 Å². The van der Waals surface area contributed by atoms with Gasteiger partial charge in [0.2, 0.25) is 0 Å². The summed E-state index contributed by atoms with van der Waals surface area (Å²) in [6, 6.07) is 0. The molecule has 0 saturated heterocycles. The largest absolute Gasteiger partial charge is 0.312 e. The lowest BCUT2D eigenvalue weighted by molar-refractivity contribution is -0.231. The number of halogens is 4. The lowest BCUT2D eigenvalue weighted by atomic mass is 9.98. The molecule has 0 bridgehead atoms. The molecule has 0 unspecified atom stereocenters. The Hall–Kier alpha value is -0.280. The van der Waals surface area contributed by atoms with E-state index >= 15 is 0 Å². The standard InChI is InChI=1S/C7H12F4/c1-4-6(8,9)7(10,11)5(2)3/h5H,4H2,1-3H3. The van der Waals surface area contributed by atoms with Crippen LogP contribution in [-0.2, 0) is 0 Å². The van der Waals surface area contributed by atoms with Gasteiger partial charge >= 0.3 is 11.8 Å². The fraction of sp³-hybridized carbons (Fsp3) is 1.00. The maximum absolute atomic E-state index is 12.6. The Morgan fingerprint density at radius 2 is 1.45 bits per heavy atom. The van der Waals surface area contributed by atoms with E-state index in [-0.39, 0.29) is 0 Å². The van der Waals surface area contributed by atoms with Gasteiger partial charge in [0.15, 0.2) is 0 Å². The molecule has 0 N–H and O–H groups in total. The van der Waals surface area contributed by atoms with Crippen molar-refractivity contribution in [3.05, 3.63) is 0 Å². The van der Waals surface area contributed by atoms with Crippen LogP contribution in [0.3, 0.4) is 0 Å². The molecule has 0 spiro atoms. The molecule has 0 aromatic carbocycles. The Labute approximate surface area is 63.6 Å². The van der Waals surface area contributed by atoms with E-state index in [0.717, 1.165) is 20.8 Å². The van der Waals surface area contributed by atoms with Gasteiger partial charge in [0.25, 0.3) is 0 Å². The highest BCUT2D eigenvalue weighted by molar-refractivity contribution is 4.85. The minimum absolute atomic E-state index is 0.821. The summed E-state index contributed by atoms with van der Waals surface area (Å²) in [5, 5.41) is 0. The smallest absolute Gasteiger partial charge is 0.200 e. The van der Waals surface area contributed by atoms with Gasteiger partial charge in [0, 0.05) is 12.3 Å². The third-order valence-electron chi connectivity index (χ3n) is 1.66. The van der Waals surface area contributed by atoms with Crippen LogP contribution in [0.5, 0.6) is 0 Å². The predicted octanol–water partition coefficient (Wildman–Crippen LogP) is 3.32. The SMILES string of the molecule is CCC(F)(F)C(F)(F)C(C)C. The van der Waals surface area contributed by atoms with Crippen molar-refractivity contribution in [2.75, 3.05) is 0 Å². The molecule has 0 aliphatic carbocycles. The molecule has 0 rings (SSSR count). The molecule has 0 aliphatic rings. The summed E-state index contributed by atoms with van der Waals surface area (Å²) < 4.78 is 50.0. The van der Waals surface area contributed by atoms with Crippen LogP contribution in [0.25, 0.3) is 0 Å². The van der Waals surface area contributed by atoms with E-state index in [1.54, 1.807) is 0 Å². The van der Waals surface area contributed by atoms with Crippen LogP contribution in [0.2, 0.25) is 0 Å². The van der Waals surface area contributed by atoms with Gasteiger partial charge in [-0.15, -0.1) is 0 Å². The summed E-state index contributed by atoms with van der Waals surface area (Å²) in [5.74, 6) is -9.08. The molecular weight excluding hydrogens is 160 g/mol. The Morgan fingerprint density at radius 1 is 1.09 bits per heavy atom. The molecule has 0 fully saturated rings. The van der Waals surface area contributed by atoms with Gasteiger partial charge in [-0.3, -0.25) is 0 Å². The second kappa shape index (κ2) is 2.99. The van der Waals surface area contributed by atoms with E-state index in [4.69, 9.17) is 0 Å². The molecule has 68 valence electrons. The highest BCUT2D eigenvalue weighted by Crippen LogP contribution is 2.41. The van der Waals surface area contributed by atoms with Gasteiger partial charge in [-0.2, -0.15) is 17.6 Å². The lowest BCUT2D eigenvalue weighted by Crippen LogP contribution is -2.44. The molecule has 4 heteroatoms. The van der Waals surface area contributed by atoms with Crippen molar-refractivity contribution in [1.29, 1.82) is 0 Å². The van der Waals surface area contributed by atoms with Crippen LogP contribution >= 0.6 is 0 Å². The predicted molar refractivity (Wildman–Crippen MR) is 35.0 cm³/mol. The third kappa shape index (κ3) is 1.84.